The molecule has 2 aromatic carbocycles. The number of hydrogen-bond donors (Lipinski definition) is 3. The summed E-state index contributed by atoms with van der Waals surface area (Å²) in [6.45, 7) is 3.53. The van der Waals surface area contributed by atoms with Crippen molar-refractivity contribution in [3.8, 4) is 0 Å². The Morgan fingerprint density at radius 3 is 2.50 bits per heavy atom. The molecule has 0 fully saturated rings. The fraction of sp³-hybridized carbons (Fsp3) is 0.333. The Labute approximate surface area is 174 Å². The zero-order valence-electron chi connectivity index (χ0n) is 17.2. The molecule has 0 saturated heterocycles. The normalized spacial score (nSPS) is 10.4. The Hall–Kier alpha value is -3.20. The Bertz CT molecular complexity index is 891. The highest BCUT2D eigenvalue weighted by Crippen LogP contribution is 2.23. The van der Waals surface area contributed by atoms with E-state index in [9.17, 15) is 18.4 Å². The van der Waals surface area contributed by atoms with Gasteiger partial charge in [0.05, 0.1) is 11.3 Å². The fourth-order valence-electron chi connectivity index (χ4n) is 2.68. The summed E-state index contributed by atoms with van der Waals surface area (Å²) < 4.78 is 31.9. The minimum absolute atomic E-state index is 0.161. The molecule has 162 valence electrons. The summed E-state index contributed by atoms with van der Waals surface area (Å²) in [5.74, 6) is -1.92. The smallest absolute Gasteiger partial charge is 0.323 e. The summed E-state index contributed by atoms with van der Waals surface area (Å²) in [5, 5.41) is 7.69. The van der Waals surface area contributed by atoms with Crippen LogP contribution < -0.4 is 20.9 Å². The Morgan fingerprint density at radius 2 is 1.83 bits per heavy atom. The average Bonchev–Trinajstić information content (AvgIpc) is 2.69. The number of nitrogens with one attached hydrogen (secondary N) is 3. The molecule has 3 N–H and O–H groups in total. The summed E-state index contributed by atoms with van der Waals surface area (Å²) in [4.78, 5) is 26.6. The molecular formula is C21H26F2N4O3. The minimum atomic E-state index is -0.889. The van der Waals surface area contributed by atoms with Crippen LogP contribution in [-0.4, -0.2) is 45.8 Å². The van der Waals surface area contributed by atoms with Gasteiger partial charge in [-0.1, -0.05) is 0 Å². The maximum Gasteiger partial charge on any atom is 0.323 e. The molecule has 0 aliphatic heterocycles. The summed E-state index contributed by atoms with van der Waals surface area (Å²) in [6, 6.07) is 6.98. The number of hydrogen-bond acceptors (Lipinski definition) is 4. The predicted octanol–water partition coefficient (Wildman–Crippen LogP) is 3.83. The lowest BCUT2D eigenvalue weighted by molar-refractivity contribution is 0.0944. The molecule has 0 bridgehead atoms. The summed E-state index contributed by atoms with van der Waals surface area (Å²) in [5.41, 5.74) is 1.24. The average molecular weight is 420 g/mol. The van der Waals surface area contributed by atoms with Crippen molar-refractivity contribution in [3.05, 3.63) is 53.6 Å². The van der Waals surface area contributed by atoms with Crippen LogP contribution in [0.15, 0.2) is 36.4 Å². The standard InChI is InChI=1S/C21H26F2N4O3/c1-4-30-11-5-10-24-20(28)16-13-15(7-9-19(16)27(2)3)25-21(29)26-18-8-6-14(22)12-17(18)23/h6-9,12-13H,4-5,10-11H2,1-3H3,(H,24,28)(H2,25,26,29). The Kier molecular flexibility index (Phi) is 8.54. The first-order chi connectivity index (χ1) is 14.3. The Balaban J connectivity index is 2.08. The fourth-order valence-corrected chi connectivity index (χ4v) is 2.68. The van der Waals surface area contributed by atoms with Crippen LogP contribution in [0.5, 0.6) is 0 Å². The molecule has 7 nitrogen and oxygen atoms in total. The number of amides is 3. The largest absolute Gasteiger partial charge is 0.382 e. The van der Waals surface area contributed by atoms with Gasteiger partial charge in [0, 0.05) is 51.3 Å². The van der Waals surface area contributed by atoms with E-state index in [1.807, 2.05) is 6.92 Å². The van der Waals surface area contributed by atoms with E-state index in [2.05, 4.69) is 16.0 Å². The van der Waals surface area contributed by atoms with Crippen LogP contribution in [0.25, 0.3) is 0 Å². The van der Waals surface area contributed by atoms with Crippen molar-refractivity contribution in [1.29, 1.82) is 0 Å². The molecule has 0 saturated carbocycles. The third-order valence-corrected chi connectivity index (χ3v) is 4.12. The van der Waals surface area contributed by atoms with E-state index >= 15 is 0 Å². The molecule has 0 radical (unpaired) electrons. The second-order valence-electron chi connectivity index (χ2n) is 6.64. The van der Waals surface area contributed by atoms with E-state index in [1.54, 1.807) is 31.1 Å². The first-order valence-electron chi connectivity index (χ1n) is 9.52. The molecule has 2 rings (SSSR count). The maximum atomic E-state index is 13.7. The van der Waals surface area contributed by atoms with Crippen molar-refractivity contribution in [2.24, 2.45) is 0 Å². The molecule has 3 amide bonds. The number of carbonyl (C=O) groups excluding carboxylic acids is 2. The lowest BCUT2D eigenvalue weighted by Gasteiger charge is -2.18. The van der Waals surface area contributed by atoms with Crippen molar-refractivity contribution in [2.45, 2.75) is 13.3 Å². The lowest BCUT2D eigenvalue weighted by atomic mass is 10.1. The van der Waals surface area contributed by atoms with Gasteiger partial charge in [0.15, 0.2) is 0 Å². The number of nitrogens with zero attached hydrogens (tertiary/aromatic N) is 1. The highest BCUT2D eigenvalue weighted by molar-refractivity contribution is 6.04. The quantitative estimate of drug-likeness (QED) is 0.539. The second-order valence-corrected chi connectivity index (χ2v) is 6.64. The third kappa shape index (κ3) is 6.70. The van der Waals surface area contributed by atoms with E-state index in [0.29, 0.717) is 49.2 Å². The van der Waals surface area contributed by atoms with E-state index in [1.165, 1.54) is 6.07 Å². The van der Waals surface area contributed by atoms with Crippen LogP contribution in [0.1, 0.15) is 23.7 Å². The van der Waals surface area contributed by atoms with Crippen LogP contribution in [0, 0.1) is 11.6 Å². The molecule has 0 spiro atoms. The van der Waals surface area contributed by atoms with Gasteiger partial charge in [-0.15, -0.1) is 0 Å². The number of rotatable bonds is 9. The summed E-state index contributed by atoms with van der Waals surface area (Å²) >= 11 is 0. The van der Waals surface area contributed by atoms with E-state index in [-0.39, 0.29) is 11.6 Å². The number of anilines is 3. The molecule has 0 aliphatic carbocycles. The number of ether oxygens (including phenoxy) is 1. The van der Waals surface area contributed by atoms with Crippen molar-refractivity contribution in [1.82, 2.24) is 5.32 Å². The van der Waals surface area contributed by atoms with Gasteiger partial charge in [0.1, 0.15) is 11.6 Å². The summed E-state index contributed by atoms with van der Waals surface area (Å²) in [7, 11) is 3.61. The lowest BCUT2D eigenvalue weighted by Crippen LogP contribution is -2.28. The maximum absolute atomic E-state index is 13.7. The number of benzene rings is 2. The van der Waals surface area contributed by atoms with E-state index < -0.39 is 17.7 Å². The zero-order chi connectivity index (χ0) is 22.1. The summed E-state index contributed by atoms with van der Waals surface area (Å²) in [6.07, 6.45) is 0.681. The minimum Gasteiger partial charge on any atom is -0.382 e. The van der Waals surface area contributed by atoms with Crippen LogP contribution in [-0.2, 0) is 4.74 Å². The van der Waals surface area contributed by atoms with Crippen LogP contribution in [0.4, 0.5) is 30.6 Å². The van der Waals surface area contributed by atoms with Gasteiger partial charge < -0.3 is 25.6 Å². The first-order valence-corrected chi connectivity index (χ1v) is 9.52. The van der Waals surface area contributed by atoms with Crippen molar-refractivity contribution < 1.29 is 23.1 Å². The highest BCUT2D eigenvalue weighted by Gasteiger charge is 2.15. The molecule has 0 unspecified atom stereocenters. The topological polar surface area (TPSA) is 82.7 Å². The molecule has 9 heteroatoms. The van der Waals surface area contributed by atoms with Crippen molar-refractivity contribution in [2.75, 3.05) is 49.4 Å². The molecule has 0 heterocycles. The highest BCUT2D eigenvalue weighted by atomic mass is 19.1. The molecule has 0 aromatic heterocycles. The molecule has 30 heavy (non-hydrogen) atoms. The van der Waals surface area contributed by atoms with Gasteiger partial charge in [0.2, 0.25) is 0 Å². The van der Waals surface area contributed by atoms with Crippen LogP contribution in [0.3, 0.4) is 0 Å². The number of urea groups is 1. The number of halogens is 2. The van der Waals surface area contributed by atoms with Crippen molar-refractivity contribution >= 4 is 29.0 Å². The monoisotopic (exact) mass is 420 g/mol. The number of carbonyl (C=O) groups is 2. The van der Waals surface area contributed by atoms with Gasteiger partial charge in [-0.05, 0) is 43.7 Å². The first kappa shape index (κ1) is 23.1. The molecule has 2 aromatic rings. The SMILES string of the molecule is CCOCCCNC(=O)c1cc(NC(=O)Nc2ccc(F)cc2F)ccc1N(C)C. The van der Waals surface area contributed by atoms with Crippen LogP contribution in [0.2, 0.25) is 0 Å². The van der Waals surface area contributed by atoms with E-state index in [0.717, 1.165) is 12.1 Å². The Morgan fingerprint density at radius 1 is 1.07 bits per heavy atom. The van der Waals surface area contributed by atoms with E-state index in [4.69, 9.17) is 4.74 Å². The zero-order valence-corrected chi connectivity index (χ0v) is 17.2. The van der Waals surface area contributed by atoms with Crippen LogP contribution >= 0.6 is 0 Å². The molecule has 0 atom stereocenters. The van der Waals surface area contributed by atoms with Gasteiger partial charge in [-0.2, -0.15) is 0 Å². The third-order valence-electron chi connectivity index (χ3n) is 4.12. The van der Waals surface area contributed by atoms with Gasteiger partial charge in [0.25, 0.3) is 5.91 Å². The predicted molar refractivity (Wildman–Crippen MR) is 113 cm³/mol. The van der Waals surface area contributed by atoms with Gasteiger partial charge >= 0.3 is 6.03 Å². The van der Waals surface area contributed by atoms with Gasteiger partial charge in [-0.3, -0.25) is 4.79 Å². The molecular weight excluding hydrogens is 394 g/mol. The molecule has 0 aliphatic rings. The van der Waals surface area contributed by atoms with Crippen molar-refractivity contribution in [3.63, 3.8) is 0 Å². The second kappa shape index (κ2) is 11.1. The van der Waals surface area contributed by atoms with Gasteiger partial charge in [-0.25, -0.2) is 13.6 Å².